The highest BCUT2D eigenvalue weighted by molar-refractivity contribution is 8.14. The highest BCUT2D eigenvalue weighted by Crippen LogP contribution is 2.29. The second-order valence-electron chi connectivity index (χ2n) is 5.44. The molecule has 1 amide bonds. The molecule has 1 N–H and O–H groups in total. The van der Waals surface area contributed by atoms with E-state index >= 15 is 0 Å². The SMILES string of the molecule is O=C(O)CCSC1=N/C(=C/c2ccc(Cl)cc2)C(=O)N1c1ccccc1. The molecule has 7 heteroatoms. The molecule has 2 aromatic carbocycles. The van der Waals surface area contributed by atoms with Crippen molar-refractivity contribution in [2.24, 2.45) is 4.99 Å². The number of halogens is 1. The van der Waals surface area contributed by atoms with Gasteiger partial charge in [-0.25, -0.2) is 4.99 Å². The number of thioether (sulfide) groups is 1. The first kappa shape index (κ1) is 18.2. The summed E-state index contributed by atoms with van der Waals surface area (Å²) >= 11 is 7.14. The fourth-order valence-electron chi connectivity index (χ4n) is 2.34. The van der Waals surface area contributed by atoms with Crippen LogP contribution in [-0.2, 0) is 9.59 Å². The molecule has 26 heavy (non-hydrogen) atoms. The molecule has 1 aliphatic rings. The highest BCUT2D eigenvalue weighted by Gasteiger charge is 2.31. The number of para-hydroxylation sites is 1. The van der Waals surface area contributed by atoms with Gasteiger partial charge in [0.15, 0.2) is 5.17 Å². The normalized spacial score (nSPS) is 15.4. The van der Waals surface area contributed by atoms with Crippen LogP contribution in [0.3, 0.4) is 0 Å². The zero-order valence-electron chi connectivity index (χ0n) is 13.6. The van der Waals surface area contributed by atoms with Crippen LogP contribution >= 0.6 is 23.4 Å². The Bertz CT molecular complexity index is 879. The molecule has 132 valence electrons. The second kappa shape index (κ2) is 8.21. The molecule has 3 rings (SSSR count). The van der Waals surface area contributed by atoms with Crippen molar-refractivity contribution in [1.29, 1.82) is 0 Å². The summed E-state index contributed by atoms with van der Waals surface area (Å²) in [6.07, 6.45) is 1.69. The van der Waals surface area contributed by atoms with Crippen molar-refractivity contribution in [2.75, 3.05) is 10.7 Å². The largest absolute Gasteiger partial charge is 0.481 e. The van der Waals surface area contributed by atoms with Gasteiger partial charge in [0.05, 0.1) is 12.1 Å². The summed E-state index contributed by atoms with van der Waals surface area (Å²) in [5, 5.41) is 9.93. The number of benzene rings is 2. The van der Waals surface area contributed by atoms with Gasteiger partial charge in [0.25, 0.3) is 5.91 Å². The van der Waals surface area contributed by atoms with E-state index in [1.807, 2.05) is 30.3 Å². The van der Waals surface area contributed by atoms with Gasteiger partial charge >= 0.3 is 5.97 Å². The van der Waals surface area contributed by atoms with Gasteiger partial charge in [-0.1, -0.05) is 53.7 Å². The van der Waals surface area contributed by atoms with Crippen LogP contribution in [0.5, 0.6) is 0 Å². The van der Waals surface area contributed by atoms with Crippen LogP contribution in [-0.4, -0.2) is 27.9 Å². The van der Waals surface area contributed by atoms with Gasteiger partial charge in [-0.05, 0) is 35.9 Å². The predicted octanol–water partition coefficient (Wildman–Crippen LogP) is 4.29. The topological polar surface area (TPSA) is 70.0 Å². The third-order valence-corrected chi connectivity index (χ3v) is 4.76. The van der Waals surface area contributed by atoms with Crippen LogP contribution in [0.1, 0.15) is 12.0 Å². The quantitative estimate of drug-likeness (QED) is 0.778. The van der Waals surface area contributed by atoms with Gasteiger partial charge in [0.1, 0.15) is 5.70 Å². The van der Waals surface area contributed by atoms with Crippen LogP contribution in [0.4, 0.5) is 5.69 Å². The Kier molecular flexibility index (Phi) is 5.75. The lowest BCUT2D eigenvalue weighted by atomic mass is 10.2. The molecular weight excluding hydrogens is 372 g/mol. The summed E-state index contributed by atoms with van der Waals surface area (Å²) in [6, 6.07) is 16.3. The fraction of sp³-hybridized carbons (Fsp3) is 0.105. The maximum absolute atomic E-state index is 12.9. The molecule has 0 bridgehead atoms. The number of carboxylic acids is 1. The first-order valence-corrected chi connectivity index (χ1v) is 9.21. The van der Waals surface area contributed by atoms with E-state index in [0.717, 1.165) is 5.56 Å². The van der Waals surface area contributed by atoms with Crippen molar-refractivity contribution in [1.82, 2.24) is 0 Å². The van der Waals surface area contributed by atoms with Crippen LogP contribution < -0.4 is 4.90 Å². The van der Waals surface area contributed by atoms with Crippen LogP contribution in [0, 0.1) is 0 Å². The Balaban J connectivity index is 1.91. The molecule has 2 aromatic rings. The van der Waals surface area contributed by atoms with Crippen LogP contribution in [0.15, 0.2) is 65.3 Å². The lowest BCUT2D eigenvalue weighted by molar-refractivity contribution is -0.136. The molecule has 0 saturated heterocycles. The van der Waals surface area contributed by atoms with Crippen molar-refractivity contribution in [3.63, 3.8) is 0 Å². The number of carboxylic acid groups (broad SMARTS) is 1. The molecule has 0 aromatic heterocycles. The number of carbonyl (C=O) groups is 2. The van der Waals surface area contributed by atoms with Crippen molar-refractivity contribution in [3.05, 3.63) is 70.9 Å². The van der Waals surface area contributed by atoms with Gasteiger partial charge in [-0.3, -0.25) is 14.5 Å². The number of amidine groups is 1. The van der Waals surface area contributed by atoms with E-state index in [2.05, 4.69) is 4.99 Å². The van der Waals surface area contributed by atoms with Gasteiger partial charge in [-0.2, -0.15) is 0 Å². The zero-order valence-corrected chi connectivity index (χ0v) is 15.2. The van der Waals surface area contributed by atoms with Crippen LogP contribution in [0.2, 0.25) is 5.02 Å². The minimum absolute atomic E-state index is 0.00324. The lowest BCUT2D eigenvalue weighted by Crippen LogP contribution is -2.30. The molecule has 0 saturated carbocycles. The molecule has 0 aliphatic carbocycles. The summed E-state index contributed by atoms with van der Waals surface area (Å²) in [5.41, 5.74) is 1.80. The number of rotatable bonds is 5. The molecular formula is C19H15ClN2O3S. The third kappa shape index (κ3) is 4.33. The Morgan fingerprint density at radius 1 is 1.15 bits per heavy atom. The van der Waals surface area contributed by atoms with E-state index in [9.17, 15) is 9.59 Å². The summed E-state index contributed by atoms with van der Waals surface area (Å²) < 4.78 is 0. The molecule has 0 unspecified atom stereocenters. The molecule has 1 aliphatic heterocycles. The Morgan fingerprint density at radius 3 is 2.50 bits per heavy atom. The van der Waals surface area contributed by atoms with E-state index in [0.29, 0.717) is 27.3 Å². The highest BCUT2D eigenvalue weighted by atomic mass is 35.5. The maximum Gasteiger partial charge on any atom is 0.304 e. The van der Waals surface area contributed by atoms with E-state index in [1.165, 1.54) is 16.7 Å². The van der Waals surface area contributed by atoms with Gasteiger partial charge in [0, 0.05) is 10.8 Å². The number of anilines is 1. The standard InChI is InChI=1S/C19H15ClN2O3S/c20-14-8-6-13(7-9-14)12-16-18(25)22(15-4-2-1-3-5-15)19(21-16)26-11-10-17(23)24/h1-9,12H,10-11H2,(H,23,24)/b16-12+. The number of aliphatic carboxylic acids is 1. The Labute approximate surface area is 160 Å². The smallest absolute Gasteiger partial charge is 0.304 e. The van der Waals surface area contributed by atoms with Gasteiger partial charge < -0.3 is 5.11 Å². The van der Waals surface area contributed by atoms with Crippen molar-refractivity contribution >= 4 is 52.2 Å². The van der Waals surface area contributed by atoms with Crippen molar-refractivity contribution < 1.29 is 14.7 Å². The van der Waals surface area contributed by atoms with E-state index < -0.39 is 5.97 Å². The third-order valence-electron chi connectivity index (χ3n) is 3.56. The first-order valence-electron chi connectivity index (χ1n) is 7.84. The number of hydrogen-bond donors (Lipinski definition) is 1. The molecule has 0 fully saturated rings. The molecule has 0 radical (unpaired) electrons. The minimum Gasteiger partial charge on any atom is -0.481 e. The van der Waals surface area contributed by atoms with Crippen molar-refractivity contribution in [3.8, 4) is 0 Å². The van der Waals surface area contributed by atoms with E-state index in [1.54, 1.807) is 30.3 Å². The maximum atomic E-state index is 12.9. The Morgan fingerprint density at radius 2 is 1.85 bits per heavy atom. The van der Waals surface area contributed by atoms with E-state index in [-0.39, 0.29) is 12.3 Å². The minimum atomic E-state index is -0.884. The Hall–Kier alpha value is -2.57. The zero-order chi connectivity index (χ0) is 18.5. The number of aliphatic imine (C=N–C) groups is 1. The van der Waals surface area contributed by atoms with E-state index in [4.69, 9.17) is 16.7 Å². The first-order chi connectivity index (χ1) is 12.5. The fourth-order valence-corrected chi connectivity index (χ4v) is 3.41. The lowest BCUT2D eigenvalue weighted by Gasteiger charge is -2.17. The number of amides is 1. The summed E-state index contributed by atoms with van der Waals surface area (Å²) in [6.45, 7) is 0. The average Bonchev–Trinajstić information content (AvgIpc) is 2.93. The van der Waals surface area contributed by atoms with Crippen LogP contribution in [0.25, 0.3) is 6.08 Å². The second-order valence-corrected chi connectivity index (χ2v) is 6.94. The molecule has 5 nitrogen and oxygen atoms in total. The average molecular weight is 387 g/mol. The predicted molar refractivity (Wildman–Crippen MR) is 106 cm³/mol. The van der Waals surface area contributed by atoms with Gasteiger partial charge in [0.2, 0.25) is 0 Å². The summed E-state index contributed by atoms with van der Waals surface area (Å²) in [4.78, 5) is 29.6. The monoisotopic (exact) mass is 386 g/mol. The van der Waals surface area contributed by atoms with Gasteiger partial charge in [-0.15, -0.1) is 0 Å². The molecule has 0 spiro atoms. The molecule has 0 atom stereocenters. The summed E-state index contributed by atoms with van der Waals surface area (Å²) in [5.74, 6) is -0.798. The number of carbonyl (C=O) groups excluding carboxylic acids is 1. The summed E-state index contributed by atoms with van der Waals surface area (Å²) in [7, 11) is 0. The number of nitrogens with zero attached hydrogens (tertiary/aromatic N) is 2. The van der Waals surface area contributed by atoms with Crippen molar-refractivity contribution in [2.45, 2.75) is 6.42 Å². The molecule has 1 heterocycles. The number of hydrogen-bond acceptors (Lipinski definition) is 4.